The van der Waals surface area contributed by atoms with E-state index in [-0.39, 0.29) is 0 Å². The molecule has 0 radical (unpaired) electrons. The van der Waals surface area contributed by atoms with E-state index in [0.717, 1.165) is 44.0 Å². The zero-order chi connectivity index (χ0) is 17.8. The normalized spacial score (nSPS) is 24.3. The molecule has 4 rings (SSSR count). The first kappa shape index (κ1) is 17.6. The van der Waals surface area contributed by atoms with Crippen molar-refractivity contribution in [1.82, 2.24) is 20.1 Å². The zero-order valence-corrected chi connectivity index (χ0v) is 15.9. The molecular weight excluding hydrogens is 326 g/mol. The molecule has 1 unspecified atom stereocenters. The smallest absolute Gasteiger partial charge is 0.213 e. The Morgan fingerprint density at radius 3 is 2.88 bits per heavy atom. The van der Waals surface area contributed by atoms with Crippen LogP contribution in [0.3, 0.4) is 0 Å². The van der Waals surface area contributed by atoms with Crippen molar-refractivity contribution in [2.75, 3.05) is 39.8 Å². The molecule has 1 aliphatic carbocycles. The van der Waals surface area contributed by atoms with Gasteiger partial charge in [-0.05, 0) is 62.7 Å². The van der Waals surface area contributed by atoms with E-state index in [1.165, 1.54) is 50.8 Å². The third-order valence-electron chi connectivity index (χ3n) is 5.75. The summed E-state index contributed by atoms with van der Waals surface area (Å²) in [7, 11) is 1.88. The van der Waals surface area contributed by atoms with Gasteiger partial charge in [0.15, 0.2) is 5.96 Å². The number of ether oxygens (including phenoxy) is 1. The van der Waals surface area contributed by atoms with Crippen molar-refractivity contribution in [2.45, 2.75) is 44.7 Å². The number of aliphatic imine (C=N–C) groups is 1. The van der Waals surface area contributed by atoms with Crippen LogP contribution >= 0.6 is 0 Å². The van der Waals surface area contributed by atoms with Gasteiger partial charge in [0, 0.05) is 45.0 Å². The monoisotopic (exact) mass is 357 g/mol. The van der Waals surface area contributed by atoms with Crippen LogP contribution in [0.15, 0.2) is 23.3 Å². The molecule has 6 nitrogen and oxygen atoms in total. The lowest BCUT2D eigenvalue weighted by Crippen LogP contribution is -2.42. The van der Waals surface area contributed by atoms with Crippen molar-refractivity contribution in [3.8, 4) is 5.88 Å². The molecule has 2 saturated heterocycles. The Morgan fingerprint density at radius 2 is 2.12 bits per heavy atom. The summed E-state index contributed by atoms with van der Waals surface area (Å²) < 4.78 is 5.79. The second-order valence-electron chi connectivity index (χ2n) is 7.79. The standard InChI is InChI=1S/C20H31N5O/c1-21-20(25-11-7-18(14-25)24-9-2-3-10-24)23-13-17-6-8-22-19(12-17)26-15-16-4-5-16/h6,8,12,16,18H,2-5,7,9-11,13-15H2,1H3,(H,21,23). The molecule has 0 aromatic carbocycles. The van der Waals surface area contributed by atoms with E-state index in [9.17, 15) is 0 Å². The van der Waals surface area contributed by atoms with Crippen molar-refractivity contribution in [1.29, 1.82) is 0 Å². The Hall–Kier alpha value is -1.82. The Labute approximate surface area is 156 Å². The van der Waals surface area contributed by atoms with Crippen LogP contribution in [0.25, 0.3) is 0 Å². The maximum atomic E-state index is 5.79. The van der Waals surface area contributed by atoms with Gasteiger partial charge in [-0.3, -0.25) is 9.89 Å². The van der Waals surface area contributed by atoms with Gasteiger partial charge in [-0.1, -0.05) is 0 Å². The lowest BCUT2D eigenvalue weighted by atomic mass is 10.2. The van der Waals surface area contributed by atoms with Crippen molar-refractivity contribution in [2.24, 2.45) is 10.9 Å². The highest BCUT2D eigenvalue weighted by Gasteiger charge is 2.30. The molecule has 1 saturated carbocycles. The molecule has 1 aromatic heterocycles. The fraction of sp³-hybridized carbons (Fsp3) is 0.700. The van der Waals surface area contributed by atoms with Crippen LogP contribution in [0.4, 0.5) is 0 Å². The summed E-state index contributed by atoms with van der Waals surface area (Å²) in [5.74, 6) is 2.49. The highest BCUT2D eigenvalue weighted by atomic mass is 16.5. The quantitative estimate of drug-likeness (QED) is 0.624. The Bertz CT molecular complexity index is 624. The molecule has 1 aromatic rings. The van der Waals surface area contributed by atoms with Gasteiger partial charge in [0.25, 0.3) is 0 Å². The Morgan fingerprint density at radius 1 is 1.27 bits per heavy atom. The van der Waals surface area contributed by atoms with Gasteiger partial charge in [0.1, 0.15) is 0 Å². The second kappa shape index (κ2) is 8.25. The van der Waals surface area contributed by atoms with E-state index in [1.807, 2.05) is 25.4 Å². The van der Waals surface area contributed by atoms with Gasteiger partial charge in [0.05, 0.1) is 6.61 Å². The van der Waals surface area contributed by atoms with Gasteiger partial charge in [-0.15, -0.1) is 0 Å². The molecule has 1 atom stereocenters. The zero-order valence-electron chi connectivity index (χ0n) is 15.9. The van der Waals surface area contributed by atoms with Crippen LogP contribution in [0.1, 0.15) is 37.7 Å². The highest BCUT2D eigenvalue weighted by molar-refractivity contribution is 5.80. The first-order valence-corrected chi connectivity index (χ1v) is 10.1. The molecule has 0 amide bonds. The number of hydrogen-bond donors (Lipinski definition) is 1. The lowest BCUT2D eigenvalue weighted by Gasteiger charge is -2.25. The van der Waals surface area contributed by atoms with Crippen LogP contribution < -0.4 is 10.1 Å². The minimum absolute atomic E-state index is 0.694. The number of likely N-dealkylation sites (tertiary alicyclic amines) is 2. The van der Waals surface area contributed by atoms with Crippen LogP contribution in [0.2, 0.25) is 0 Å². The summed E-state index contributed by atoms with van der Waals surface area (Å²) in [5.41, 5.74) is 1.18. The van der Waals surface area contributed by atoms with Crippen molar-refractivity contribution in [3.63, 3.8) is 0 Å². The molecule has 3 fully saturated rings. The Balaban J connectivity index is 1.28. The average Bonchev–Trinajstić information content (AvgIpc) is 3.11. The van der Waals surface area contributed by atoms with Crippen molar-refractivity contribution >= 4 is 5.96 Å². The van der Waals surface area contributed by atoms with Gasteiger partial charge in [0.2, 0.25) is 5.88 Å². The van der Waals surface area contributed by atoms with Gasteiger partial charge < -0.3 is 15.0 Å². The Kier molecular flexibility index (Phi) is 5.58. The molecular formula is C20H31N5O. The van der Waals surface area contributed by atoms with E-state index in [0.29, 0.717) is 6.04 Å². The minimum Gasteiger partial charge on any atom is -0.477 e. The topological polar surface area (TPSA) is 53.0 Å². The molecule has 6 heteroatoms. The summed E-state index contributed by atoms with van der Waals surface area (Å²) >= 11 is 0. The van der Waals surface area contributed by atoms with Gasteiger partial charge in [-0.2, -0.15) is 0 Å². The minimum atomic E-state index is 0.694. The predicted molar refractivity (Wildman–Crippen MR) is 103 cm³/mol. The number of pyridine rings is 1. The van der Waals surface area contributed by atoms with E-state index >= 15 is 0 Å². The molecule has 3 aliphatic rings. The number of hydrogen-bond acceptors (Lipinski definition) is 4. The van der Waals surface area contributed by atoms with Crippen molar-refractivity contribution in [3.05, 3.63) is 23.9 Å². The fourth-order valence-electron chi connectivity index (χ4n) is 3.98. The first-order chi connectivity index (χ1) is 12.8. The third kappa shape index (κ3) is 4.47. The summed E-state index contributed by atoms with van der Waals surface area (Å²) in [6.07, 6.45) is 8.39. The number of rotatable bonds is 6. The van der Waals surface area contributed by atoms with Gasteiger partial charge in [-0.25, -0.2) is 4.98 Å². The molecule has 0 spiro atoms. The summed E-state index contributed by atoms with van der Waals surface area (Å²) in [6.45, 7) is 6.27. The molecule has 26 heavy (non-hydrogen) atoms. The first-order valence-electron chi connectivity index (χ1n) is 10.1. The maximum Gasteiger partial charge on any atom is 0.213 e. The summed E-state index contributed by atoms with van der Waals surface area (Å²) in [4.78, 5) is 13.9. The van der Waals surface area contributed by atoms with Crippen molar-refractivity contribution < 1.29 is 4.74 Å². The molecule has 1 N–H and O–H groups in total. The predicted octanol–water partition coefficient (Wildman–Crippen LogP) is 2.12. The van der Waals surface area contributed by atoms with Crippen LogP contribution in [0, 0.1) is 5.92 Å². The fourth-order valence-corrected chi connectivity index (χ4v) is 3.98. The molecule has 142 valence electrons. The highest BCUT2D eigenvalue weighted by Crippen LogP contribution is 2.29. The van der Waals surface area contributed by atoms with E-state index in [4.69, 9.17) is 4.74 Å². The maximum absolute atomic E-state index is 5.79. The van der Waals surface area contributed by atoms with Crippen LogP contribution in [-0.4, -0.2) is 66.6 Å². The molecule has 2 aliphatic heterocycles. The molecule has 3 heterocycles. The van der Waals surface area contributed by atoms with Crippen LogP contribution in [0.5, 0.6) is 5.88 Å². The lowest BCUT2D eigenvalue weighted by molar-refractivity contribution is 0.249. The third-order valence-corrected chi connectivity index (χ3v) is 5.75. The number of nitrogens with one attached hydrogen (secondary N) is 1. The van der Waals surface area contributed by atoms with Gasteiger partial charge >= 0.3 is 0 Å². The number of nitrogens with zero attached hydrogens (tertiary/aromatic N) is 4. The number of guanidine groups is 1. The van der Waals surface area contributed by atoms with E-state index in [2.05, 4.69) is 25.1 Å². The summed E-state index contributed by atoms with van der Waals surface area (Å²) in [6, 6.07) is 4.78. The average molecular weight is 358 g/mol. The van der Waals surface area contributed by atoms with Crippen LogP contribution in [-0.2, 0) is 6.54 Å². The summed E-state index contributed by atoms with van der Waals surface area (Å²) in [5, 5.41) is 3.52. The largest absolute Gasteiger partial charge is 0.477 e. The van der Waals surface area contributed by atoms with E-state index in [1.54, 1.807) is 0 Å². The van der Waals surface area contributed by atoms with E-state index < -0.39 is 0 Å². The number of aromatic nitrogens is 1. The second-order valence-corrected chi connectivity index (χ2v) is 7.79. The molecule has 0 bridgehead atoms. The SMILES string of the molecule is CN=C(NCc1ccnc(OCC2CC2)c1)N1CCC(N2CCCC2)C1.